The minimum atomic E-state index is 0.575. The fraction of sp³-hybridized carbons (Fsp3) is 0.118. The maximum absolute atomic E-state index is 5.64. The van der Waals surface area contributed by atoms with Crippen LogP contribution < -0.4 is 9.47 Å². The third-order valence-electron chi connectivity index (χ3n) is 3.14. The van der Waals surface area contributed by atoms with Gasteiger partial charge in [0, 0.05) is 6.08 Å². The number of hydrogen-bond acceptors (Lipinski definition) is 4. The van der Waals surface area contributed by atoms with Crippen LogP contribution in [-0.4, -0.2) is 19.2 Å². The minimum Gasteiger partial charge on any atom is -0.493 e. The first-order valence-corrected chi connectivity index (χ1v) is 6.56. The Kier molecular flexibility index (Phi) is 3.60. The van der Waals surface area contributed by atoms with Gasteiger partial charge in [0.25, 0.3) is 0 Å². The van der Waals surface area contributed by atoms with Gasteiger partial charge >= 0.3 is 0 Å². The van der Waals surface area contributed by atoms with Crippen molar-refractivity contribution in [3.05, 3.63) is 53.9 Å². The second-order valence-electron chi connectivity index (χ2n) is 4.47. The van der Waals surface area contributed by atoms with Crippen molar-refractivity contribution >= 4 is 23.3 Å². The highest BCUT2D eigenvalue weighted by Gasteiger charge is 2.04. The Bertz CT molecular complexity index is 757. The fourth-order valence-corrected chi connectivity index (χ4v) is 2.09. The number of aromatic nitrogens is 1. The molecule has 4 nitrogen and oxygen atoms in total. The van der Waals surface area contributed by atoms with Gasteiger partial charge in [0.1, 0.15) is 5.52 Å². The number of fused-ring (bicyclic) bond motifs is 1. The topological polar surface area (TPSA) is 44.5 Å². The molecule has 0 radical (unpaired) electrons. The van der Waals surface area contributed by atoms with Crippen LogP contribution in [0.1, 0.15) is 11.5 Å². The molecule has 0 saturated heterocycles. The summed E-state index contributed by atoms with van der Waals surface area (Å²) in [5.74, 6) is 1.97. The van der Waals surface area contributed by atoms with E-state index in [1.807, 2.05) is 54.6 Å². The molecule has 0 N–H and O–H groups in total. The molecule has 106 valence electrons. The normalized spacial score (nSPS) is 11.1. The molecule has 4 heteroatoms. The van der Waals surface area contributed by atoms with Crippen molar-refractivity contribution in [3.8, 4) is 11.5 Å². The van der Waals surface area contributed by atoms with Gasteiger partial charge in [-0.05, 0) is 35.9 Å². The molecule has 2 aromatic carbocycles. The van der Waals surface area contributed by atoms with Gasteiger partial charge in [0.05, 0.1) is 14.2 Å². The molecule has 0 aliphatic heterocycles. The molecule has 1 aromatic heterocycles. The van der Waals surface area contributed by atoms with Gasteiger partial charge in [-0.25, -0.2) is 4.98 Å². The summed E-state index contributed by atoms with van der Waals surface area (Å²) in [7, 11) is 3.23. The summed E-state index contributed by atoms with van der Waals surface area (Å²) in [6, 6.07) is 13.4. The van der Waals surface area contributed by atoms with Crippen molar-refractivity contribution in [2.75, 3.05) is 14.2 Å². The largest absolute Gasteiger partial charge is 0.493 e. The zero-order valence-electron chi connectivity index (χ0n) is 11.9. The lowest BCUT2D eigenvalue weighted by atomic mass is 10.2. The molecule has 0 atom stereocenters. The molecule has 0 saturated carbocycles. The van der Waals surface area contributed by atoms with E-state index in [9.17, 15) is 0 Å². The van der Waals surface area contributed by atoms with Crippen LogP contribution in [0, 0.1) is 0 Å². The lowest BCUT2D eigenvalue weighted by molar-refractivity contribution is 0.355. The van der Waals surface area contributed by atoms with Crippen LogP contribution in [0.2, 0.25) is 0 Å². The highest BCUT2D eigenvalue weighted by Crippen LogP contribution is 2.28. The summed E-state index contributed by atoms with van der Waals surface area (Å²) in [4.78, 5) is 4.39. The molecule has 0 unspecified atom stereocenters. The average molecular weight is 281 g/mol. The molecule has 21 heavy (non-hydrogen) atoms. The van der Waals surface area contributed by atoms with Crippen LogP contribution in [0.15, 0.2) is 46.9 Å². The molecule has 1 heterocycles. The first kappa shape index (κ1) is 13.2. The molecule has 0 aliphatic rings. The third-order valence-corrected chi connectivity index (χ3v) is 3.14. The first-order chi connectivity index (χ1) is 10.3. The van der Waals surface area contributed by atoms with Crippen molar-refractivity contribution in [2.45, 2.75) is 0 Å². The van der Waals surface area contributed by atoms with E-state index < -0.39 is 0 Å². The molecular formula is C17H15NO3. The monoisotopic (exact) mass is 281 g/mol. The second-order valence-corrected chi connectivity index (χ2v) is 4.47. The number of hydrogen-bond donors (Lipinski definition) is 0. The third kappa shape index (κ3) is 2.74. The van der Waals surface area contributed by atoms with Gasteiger partial charge in [-0.15, -0.1) is 0 Å². The van der Waals surface area contributed by atoms with E-state index in [2.05, 4.69) is 4.98 Å². The molecule has 0 amide bonds. The molecule has 0 spiro atoms. The number of methoxy groups -OCH3 is 2. The van der Waals surface area contributed by atoms with Gasteiger partial charge in [-0.3, -0.25) is 0 Å². The summed E-state index contributed by atoms with van der Waals surface area (Å²) in [5, 5.41) is 0. The zero-order valence-corrected chi connectivity index (χ0v) is 11.9. The van der Waals surface area contributed by atoms with E-state index in [0.717, 1.165) is 16.7 Å². The van der Waals surface area contributed by atoms with Crippen LogP contribution in [-0.2, 0) is 0 Å². The first-order valence-electron chi connectivity index (χ1n) is 6.56. The van der Waals surface area contributed by atoms with Gasteiger partial charge in [0.2, 0.25) is 5.89 Å². The molecule has 0 bridgehead atoms. The standard InChI is InChI=1S/C17H15NO3/c1-19-15-9-7-12(11-16(15)20-2)8-10-17-18-13-5-3-4-6-14(13)21-17/h3-11H,1-2H3/b10-8-. The SMILES string of the molecule is COc1ccc(/C=C\c2nc3ccccc3o2)cc1OC. The molecule has 3 aromatic rings. The maximum Gasteiger partial charge on any atom is 0.220 e. The number of nitrogens with zero attached hydrogens (tertiary/aromatic N) is 1. The maximum atomic E-state index is 5.64. The number of rotatable bonds is 4. The Hall–Kier alpha value is -2.75. The Morgan fingerprint density at radius 3 is 2.52 bits per heavy atom. The van der Waals surface area contributed by atoms with E-state index in [-0.39, 0.29) is 0 Å². The highest BCUT2D eigenvalue weighted by molar-refractivity contribution is 5.76. The average Bonchev–Trinajstić information content (AvgIpc) is 2.95. The number of para-hydroxylation sites is 2. The van der Waals surface area contributed by atoms with Crippen LogP contribution in [0.4, 0.5) is 0 Å². The van der Waals surface area contributed by atoms with E-state index in [1.165, 1.54) is 0 Å². The predicted octanol–water partition coefficient (Wildman–Crippen LogP) is 4.02. The van der Waals surface area contributed by atoms with Crippen molar-refractivity contribution in [1.82, 2.24) is 4.98 Å². The van der Waals surface area contributed by atoms with Crippen LogP contribution in [0.25, 0.3) is 23.3 Å². The van der Waals surface area contributed by atoms with E-state index in [4.69, 9.17) is 13.9 Å². The summed E-state index contributed by atoms with van der Waals surface area (Å²) < 4.78 is 16.1. The highest BCUT2D eigenvalue weighted by atomic mass is 16.5. The number of oxazole rings is 1. The van der Waals surface area contributed by atoms with Gasteiger partial charge in [0.15, 0.2) is 17.1 Å². The van der Waals surface area contributed by atoms with Crippen molar-refractivity contribution < 1.29 is 13.9 Å². The smallest absolute Gasteiger partial charge is 0.220 e. The van der Waals surface area contributed by atoms with Gasteiger partial charge in [-0.1, -0.05) is 18.2 Å². The Labute approximate surface area is 122 Å². The lowest BCUT2D eigenvalue weighted by Crippen LogP contribution is -1.90. The molecule has 3 rings (SSSR count). The fourth-order valence-electron chi connectivity index (χ4n) is 2.09. The van der Waals surface area contributed by atoms with Crippen LogP contribution >= 0.6 is 0 Å². The summed E-state index contributed by atoms with van der Waals surface area (Å²) in [6.45, 7) is 0. The Balaban J connectivity index is 1.88. The Morgan fingerprint density at radius 2 is 1.76 bits per heavy atom. The Morgan fingerprint density at radius 1 is 0.952 bits per heavy atom. The van der Waals surface area contributed by atoms with Crippen molar-refractivity contribution in [1.29, 1.82) is 0 Å². The number of benzene rings is 2. The van der Waals surface area contributed by atoms with E-state index in [0.29, 0.717) is 17.4 Å². The minimum absolute atomic E-state index is 0.575. The zero-order chi connectivity index (χ0) is 14.7. The van der Waals surface area contributed by atoms with Crippen LogP contribution in [0.5, 0.6) is 11.5 Å². The molecule has 0 aliphatic carbocycles. The van der Waals surface area contributed by atoms with Crippen LogP contribution in [0.3, 0.4) is 0 Å². The van der Waals surface area contributed by atoms with Crippen molar-refractivity contribution in [3.63, 3.8) is 0 Å². The summed E-state index contributed by atoms with van der Waals surface area (Å²) in [5.41, 5.74) is 2.61. The predicted molar refractivity (Wildman–Crippen MR) is 82.5 cm³/mol. The summed E-state index contributed by atoms with van der Waals surface area (Å²) >= 11 is 0. The lowest BCUT2D eigenvalue weighted by Gasteiger charge is -2.07. The second kappa shape index (κ2) is 5.71. The van der Waals surface area contributed by atoms with E-state index in [1.54, 1.807) is 14.2 Å². The van der Waals surface area contributed by atoms with Gasteiger partial charge in [-0.2, -0.15) is 0 Å². The van der Waals surface area contributed by atoms with E-state index >= 15 is 0 Å². The number of ether oxygens (including phenoxy) is 2. The molecular weight excluding hydrogens is 266 g/mol. The summed E-state index contributed by atoms with van der Waals surface area (Å²) in [6.07, 6.45) is 3.76. The van der Waals surface area contributed by atoms with Crippen molar-refractivity contribution in [2.24, 2.45) is 0 Å². The quantitative estimate of drug-likeness (QED) is 0.724. The van der Waals surface area contributed by atoms with Gasteiger partial charge < -0.3 is 13.9 Å². The molecule has 0 fully saturated rings.